The van der Waals surface area contributed by atoms with Crippen molar-refractivity contribution >= 4 is 17.6 Å². The number of ether oxygens (including phenoxy) is 1. The van der Waals surface area contributed by atoms with Crippen molar-refractivity contribution in [2.24, 2.45) is 0 Å². The third kappa shape index (κ3) is 4.23. The van der Waals surface area contributed by atoms with Gasteiger partial charge in [0.1, 0.15) is 5.75 Å². The number of halogens is 1. The monoisotopic (exact) mass is 304 g/mol. The molecular formula is C17H17ClO3. The van der Waals surface area contributed by atoms with E-state index in [2.05, 4.69) is 0 Å². The molecule has 2 rings (SSSR count). The van der Waals surface area contributed by atoms with Crippen LogP contribution in [0.15, 0.2) is 42.5 Å². The van der Waals surface area contributed by atoms with E-state index < -0.39 is 5.97 Å². The zero-order chi connectivity index (χ0) is 15.2. The highest BCUT2D eigenvalue weighted by Gasteiger charge is 2.06. The Morgan fingerprint density at radius 2 is 1.86 bits per heavy atom. The minimum absolute atomic E-state index is 0.302. The lowest BCUT2D eigenvalue weighted by Crippen LogP contribution is -2.00. The van der Waals surface area contributed by atoms with E-state index in [4.69, 9.17) is 21.4 Å². The van der Waals surface area contributed by atoms with Crippen LogP contribution in [0.25, 0.3) is 0 Å². The van der Waals surface area contributed by atoms with Gasteiger partial charge in [-0.25, -0.2) is 4.79 Å². The average Bonchev–Trinajstić information content (AvgIpc) is 2.48. The predicted molar refractivity (Wildman–Crippen MR) is 83.4 cm³/mol. The van der Waals surface area contributed by atoms with E-state index in [0.717, 1.165) is 29.7 Å². The second kappa shape index (κ2) is 7.14. The van der Waals surface area contributed by atoms with Crippen molar-refractivity contribution in [2.75, 3.05) is 6.61 Å². The molecule has 0 radical (unpaired) electrons. The van der Waals surface area contributed by atoms with E-state index in [1.165, 1.54) is 0 Å². The molecule has 0 aliphatic carbocycles. The van der Waals surface area contributed by atoms with Crippen molar-refractivity contribution in [3.05, 3.63) is 64.2 Å². The first kappa shape index (κ1) is 15.4. The lowest BCUT2D eigenvalue weighted by molar-refractivity contribution is 0.0697. The second-order valence-corrected chi connectivity index (χ2v) is 5.12. The molecule has 0 heterocycles. The topological polar surface area (TPSA) is 46.5 Å². The summed E-state index contributed by atoms with van der Waals surface area (Å²) in [6, 6.07) is 12.5. The molecule has 0 amide bonds. The Bertz CT molecular complexity index is 620. The first-order valence-corrected chi connectivity index (χ1v) is 7.21. The quantitative estimate of drug-likeness (QED) is 0.869. The van der Waals surface area contributed by atoms with Gasteiger partial charge >= 0.3 is 5.97 Å². The van der Waals surface area contributed by atoms with E-state index in [1.54, 1.807) is 12.1 Å². The maximum Gasteiger partial charge on any atom is 0.335 e. The van der Waals surface area contributed by atoms with Gasteiger partial charge in [0, 0.05) is 5.02 Å². The van der Waals surface area contributed by atoms with Crippen LogP contribution in [-0.2, 0) is 12.8 Å². The molecular weight excluding hydrogens is 288 g/mol. The van der Waals surface area contributed by atoms with Crippen molar-refractivity contribution in [1.82, 2.24) is 0 Å². The van der Waals surface area contributed by atoms with Crippen LogP contribution in [0, 0.1) is 0 Å². The molecule has 0 unspecified atom stereocenters. The maximum absolute atomic E-state index is 10.8. The minimum Gasteiger partial charge on any atom is -0.494 e. The number of hydrogen-bond acceptors (Lipinski definition) is 2. The fraction of sp³-hybridized carbons (Fsp3) is 0.235. The zero-order valence-electron chi connectivity index (χ0n) is 11.8. The van der Waals surface area contributed by atoms with Crippen molar-refractivity contribution < 1.29 is 14.6 Å². The Hall–Kier alpha value is -2.00. The van der Waals surface area contributed by atoms with Gasteiger partial charge in [-0.05, 0) is 61.2 Å². The average molecular weight is 305 g/mol. The molecule has 1 N–H and O–H groups in total. The van der Waals surface area contributed by atoms with Gasteiger partial charge in [0.25, 0.3) is 0 Å². The molecule has 0 atom stereocenters. The summed E-state index contributed by atoms with van der Waals surface area (Å²) < 4.78 is 5.59. The molecule has 0 fully saturated rings. The molecule has 3 nitrogen and oxygen atoms in total. The zero-order valence-corrected chi connectivity index (χ0v) is 12.6. The minimum atomic E-state index is -0.907. The summed E-state index contributed by atoms with van der Waals surface area (Å²) in [5.74, 6) is -0.0564. The summed E-state index contributed by atoms with van der Waals surface area (Å²) in [5, 5.41) is 9.57. The molecule has 110 valence electrons. The van der Waals surface area contributed by atoms with E-state index in [0.29, 0.717) is 17.2 Å². The van der Waals surface area contributed by atoms with Crippen molar-refractivity contribution in [3.8, 4) is 5.75 Å². The van der Waals surface area contributed by atoms with Gasteiger partial charge in [-0.15, -0.1) is 0 Å². The summed E-state index contributed by atoms with van der Waals surface area (Å²) in [7, 11) is 0. The lowest BCUT2D eigenvalue weighted by Gasteiger charge is -2.10. The fourth-order valence-electron chi connectivity index (χ4n) is 2.13. The van der Waals surface area contributed by atoms with Crippen LogP contribution in [-0.4, -0.2) is 17.7 Å². The molecule has 0 spiro atoms. The summed E-state index contributed by atoms with van der Waals surface area (Å²) in [4.78, 5) is 10.8. The van der Waals surface area contributed by atoms with Crippen LogP contribution in [0.3, 0.4) is 0 Å². The third-order valence-corrected chi connectivity index (χ3v) is 3.44. The van der Waals surface area contributed by atoms with Gasteiger partial charge in [-0.1, -0.05) is 23.7 Å². The summed E-state index contributed by atoms with van der Waals surface area (Å²) >= 11 is 6.03. The highest BCUT2D eigenvalue weighted by atomic mass is 35.5. The summed E-state index contributed by atoms with van der Waals surface area (Å²) in [5.41, 5.74) is 2.45. The Balaban J connectivity index is 2.08. The Morgan fingerprint density at radius 3 is 2.48 bits per heavy atom. The first-order valence-electron chi connectivity index (χ1n) is 6.83. The second-order valence-electron chi connectivity index (χ2n) is 4.69. The number of carbonyl (C=O) groups is 1. The van der Waals surface area contributed by atoms with E-state index in [9.17, 15) is 4.79 Å². The SMILES string of the molecule is CCOc1ccc(Cl)cc1CCc1ccc(C(=O)O)cc1. The smallest absolute Gasteiger partial charge is 0.335 e. The van der Waals surface area contributed by atoms with Gasteiger partial charge in [0.15, 0.2) is 0 Å². The summed E-state index contributed by atoms with van der Waals surface area (Å²) in [6.07, 6.45) is 1.60. The van der Waals surface area contributed by atoms with Crippen LogP contribution in [0.5, 0.6) is 5.75 Å². The molecule has 2 aromatic carbocycles. The summed E-state index contributed by atoms with van der Waals surface area (Å²) in [6.45, 7) is 2.56. The van der Waals surface area contributed by atoms with Gasteiger partial charge < -0.3 is 9.84 Å². The Labute approximate surface area is 129 Å². The van der Waals surface area contributed by atoms with Crippen LogP contribution in [0.1, 0.15) is 28.4 Å². The molecule has 0 saturated carbocycles. The number of aryl methyl sites for hydroxylation is 2. The van der Waals surface area contributed by atoms with Crippen LogP contribution >= 0.6 is 11.6 Å². The van der Waals surface area contributed by atoms with Gasteiger partial charge in [0.05, 0.1) is 12.2 Å². The molecule has 4 heteroatoms. The largest absolute Gasteiger partial charge is 0.494 e. The number of hydrogen-bond donors (Lipinski definition) is 1. The molecule has 0 saturated heterocycles. The lowest BCUT2D eigenvalue weighted by atomic mass is 10.0. The molecule has 0 aliphatic rings. The highest BCUT2D eigenvalue weighted by molar-refractivity contribution is 6.30. The Morgan fingerprint density at radius 1 is 1.14 bits per heavy atom. The maximum atomic E-state index is 10.8. The van der Waals surface area contributed by atoms with E-state index >= 15 is 0 Å². The number of rotatable bonds is 6. The molecule has 0 bridgehead atoms. The first-order chi connectivity index (χ1) is 10.1. The third-order valence-electron chi connectivity index (χ3n) is 3.21. The molecule has 0 aliphatic heterocycles. The van der Waals surface area contributed by atoms with Gasteiger partial charge in [0.2, 0.25) is 0 Å². The normalized spacial score (nSPS) is 10.4. The van der Waals surface area contributed by atoms with Crippen molar-refractivity contribution in [2.45, 2.75) is 19.8 Å². The van der Waals surface area contributed by atoms with Gasteiger partial charge in [-0.3, -0.25) is 0 Å². The van der Waals surface area contributed by atoms with E-state index in [-0.39, 0.29) is 0 Å². The fourth-order valence-corrected chi connectivity index (χ4v) is 2.33. The molecule has 0 aromatic heterocycles. The van der Waals surface area contributed by atoms with E-state index in [1.807, 2.05) is 37.3 Å². The number of carboxylic acid groups (broad SMARTS) is 1. The van der Waals surface area contributed by atoms with Crippen LogP contribution in [0.4, 0.5) is 0 Å². The predicted octanol–water partition coefficient (Wildman–Crippen LogP) is 4.22. The molecule has 2 aromatic rings. The van der Waals surface area contributed by atoms with Crippen LogP contribution < -0.4 is 4.74 Å². The number of benzene rings is 2. The standard InChI is InChI=1S/C17H17ClO3/c1-2-21-16-10-9-15(18)11-14(16)8-5-12-3-6-13(7-4-12)17(19)20/h3-4,6-7,9-11H,2,5,8H2,1H3,(H,19,20). The number of carboxylic acids is 1. The molecule has 21 heavy (non-hydrogen) atoms. The van der Waals surface area contributed by atoms with Gasteiger partial charge in [-0.2, -0.15) is 0 Å². The van der Waals surface area contributed by atoms with Crippen molar-refractivity contribution in [1.29, 1.82) is 0 Å². The van der Waals surface area contributed by atoms with Crippen molar-refractivity contribution in [3.63, 3.8) is 0 Å². The highest BCUT2D eigenvalue weighted by Crippen LogP contribution is 2.24. The Kier molecular flexibility index (Phi) is 5.23. The number of aromatic carboxylic acids is 1. The van der Waals surface area contributed by atoms with Crippen LogP contribution in [0.2, 0.25) is 5.02 Å².